The molecule has 3 rings (SSSR count). The molecular weight excluding hydrogens is 314 g/mol. The first-order valence-corrected chi connectivity index (χ1v) is 8.10. The molecule has 0 spiro atoms. The van der Waals surface area contributed by atoms with Crippen molar-refractivity contribution in [3.63, 3.8) is 0 Å². The number of hydrazone groups is 1. The van der Waals surface area contributed by atoms with Crippen molar-refractivity contribution in [3.8, 4) is 0 Å². The van der Waals surface area contributed by atoms with E-state index >= 15 is 0 Å². The molecule has 0 bridgehead atoms. The van der Waals surface area contributed by atoms with Crippen LogP contribution in [0.15, 0.2) is 23.3 Å². The molecule has 2 heterocycles. The molecule has 2 aliphatic heterocycles. The second-order valence-corrected chi connectivity index (χ2v) is 6.73. The molecule has 7 nitrogen and oxygen atoms in total. The molecule has 23 heavy (non-hydrogen) atoms. The molecule has 0 aromatic heterocycles. The maximum absolute atomic E-state index is 6.63. The summed E-state index contributed by atoms with van der Waals surface area (Å²) in [6.45, 7) is 5.28. The second kappa shape index (κ2) is 6.07. The van der Waals surface area contributed by atoms with Gasteiger partial charge < -0.3 is 16.0 Å². The quantitative estimate of drug-likeness (QED) is 0.747. The van der Waals surface area contributed by atoms with Crippen LogP contribution >= 0.6 is 11.6 Å². The molecule has 8 heteroatoms. The molecule has 2 aliphatic rings. The van der Waals surface area contributed by atoms with Gasteiger partial charge in [0.1, 0.15) is 6.67 Å². The molecule has 0 amide bonds. The monoisotopic (exact) mass is 337 g/mol. The van der Waals surface area contributed by atoms with Crippen molar-refractivity contribution < 1.29 is 0 Å². The lowest BCUT2D eigenvalue weighted by atomic mass is 9.89. The van der Waals surface area contributed by atoms with E-state index in [1.54, 1.807) is 0 Å². The van der Waals surface area contributed by atoms with Crippen molar-refractivity contribution in [2.45, 2.75) is 12.5 Å². The third-order valence-electron chi connectivity index (χ3n) is 4.56. The minimum absolute atomic E-state index is 0.299. The van der Waals surface area contributed by atoms with Gasteiger partial charge in [0.15, 0.2) is 0 Å². The molecule has 0 radical (unpaired) electrons. The maximum atomic E-state index is 6.63. The molecule has 1 aromatic rings. The van der Waals surface area contributed by atoms with Crippen LogP contribution in [0.1, 0.15) is 12.5 Å². The number of hydrogen-bond donors (Lipinski definition) is 3. The fourth-order valence-corrected chi connectivity index (χ4v) is 3.60. The number of halogens is 1. The predicted molar refractivity (Wildman–Crippen MR) is 94.2 cm³/mol. The lowest BCUT2D eigenvalue weighted by Crippen LogP contribution is -2.65. The zero-order chi connectivity index (χ0) is 16.6. The van der Waals surface area contributed by atoms with E-state index in [2.05, 4.69) is 39.9 Å². The van der Waals surface area contributed by atoms with Crippen LogP contribution in [0.4, 0.5) is 5.69 Å². The summed E-state index contributed by atoms with van der Waals surface area (Å²) in [7, 11) is 4.02. The number of guanidine groups is 1. The summed E-state index contributed by atoms with van der Waals surface area (Å²) in [5, 5.41) is 12.5. The number of rotatable bonds is 3. The highest BCUT2D eigenvalue weighted by molar-refractivity contribution is 6.31. The van der Waals surface area contributed by atoms with Crippen LogP contribution in [0.2, 0.25) is 5.02 Å². The van der Waals surface area contributed by atoms with Gasteiger partial charge in [0.05, 0.1) is 5.54 Å². The molecule has 4 N–H and O–H groups in total. The maximum Gasteiger partial charge on any atom is 0.230 e. The third-order valence-corrected chi connectivity index (χ3v) is 4.87. The Bertz CT molecular complexity index is 618. The van der Waals surface area contributed by atoms with Gasteiger partial charge >= 0.3 is 0 Å². The Labute approximate surface area is 142 Å². The normalized spacial score (nSPS) is 25.2. The Morgan fingerprint density at radius 3 is 2.78 bits per heavy atom. The zero-order valence-electron chi connectivity index (χ0n) is 13.8. The molecule has 126 valence electrons. The van der Waals surface area contributed by atoms with Crippen LogP contribution in [-0.2, 0) is 5.54 Å². The molecule has 0 saturated carbocycles. The molecule has 1 unspecified atom stereocenters. The fraction of sp³-hybridized carbons (Fsp3) is 0.533. The highest BCUT2D eigenvalue weighted by atomic mass is 35.5. The van der Waals surface area contributed by atoms with Crippen LogP contribution in [-0.4, -0.2) is 56.4 Å². The van der Waals surface area contributed by atoms with E-state index < -0.39 is 0 Å². The lowest BCUT2D eigenvalue weighted by molar-refractivity contribution is -0.0714. The van der Waals surface area contributed by atoms with Crippen LogP contribution in [0.3, 0.4) is 0 Å². The van der Waals surface area contributed by atoms with E-state index in [0.717, 1.165) is 35.9 Å². The SMILES string of the molecule is CN(C)c1ccc(C2(C)CNCCN2N2CNN=C2N)c(Cl)c1. The molecule has 1 fully saturated rings. The number of piperazine rings is 1. The van der Waals surface area contributed by atoms with E-state index in [9.17, 15) is 0 Å². The minimum Gasteiger partial charge on any atom is -0.378 e. The topological polar surface area (TPSA) is 72.2 Å². The summed E-state index contributed by atoms with van der Waals surface area (Å²) in [6.07, 6.45) is 0. The summed E-state index contributed by atoms with van der Waals surface area (Å²) in [5.74, 6) is 0.485. The van der Waals surface area contributed by atoms with Gasteiger partial charge in [-0.25, -0.2) is 5.01 Å². The van der Waals surface area contributed by atoms with Gasteiger partial charge in [-0.05, 0) is 24.6 Å². The Morgan fingerprint density at radius 1 is 1.39 bits per heavy atom. The zero-order valence-corrected chi connectivity index (χ0v) is 14.6. The third kappa shape index (κ3) is 2.80. The first-order chi connectivity index (χ1) is 10.9. The lowest BCUT2D eigenvalue weighted by Gasteiger charge is -2.49. The van der Waals surface area contributed by atoms with E-state index in [4.69, 9.17) is 17.3 Å². The van der Waals surface area contributed by atoms with Crippen LogP contribution in [0.5, 0.6) is 0 Å². The average molecular weight is 338 g/mol. The number of anilines is 1. The Morgan fingerprint density at radius 2 is 2.17 bits per heavy atom. The van der Waals surface area contributed by atoms with Crippen molar-refractivity contribution in [1.29, 1.82) is 0 Å². The van der Waals surface area contributed by atoms with Gasteiger partial charge in [-0.1, -0.05) is 17.7 Å². The second-order valence-electron chi connectivity index (χ2n) is 6.32. The summed E-state index contributed by atoms with van der Waals surface area (Å²) in [4.78, 5) is 2.05. The first-order valence-electron chi connectivity index (χ1n) is 7.72. The number of benzene rings is 1. The van der Waals surface area contributed by atoms with E-state index in [1.165, 1.54) is 0 Å². The standard InChI is InChI=1S/C15H24ClN7/c1-15(12-5-4-11(21(2)3)8-13(12)16)9-18-6-7-23(15)22-10-19-20-14(22)17/h4-5,8,18-19H,6-7,9-10H2,1-3H3,(H2,17,20). The Hall–Kier alpha value is -1.70. The van der Waals surface area contributed by atoms with Gasteiger partial charge in [-0.2, -0.15) is 0 Å². The van der Waals surface area contributed by atoms with Crippen LogP contribution in [0, 0.1) is 0 Å². The number of hydrogen-bond acceptors (Lipinski definition) is 7. The van der Waals surface area contributed by atoms with Gasteiger partial charge in [0.25, 0.3) is 0 Å². The first kappa shape index (κ1) is 16.2. The number of nitrogens with zero attached hydrogens (tertiary/aromatic N) is 4. The summed E-state index contributed by atoms with van der Waals surface area (Å²) in [5.41, 5.74) is 10.8. The van der Waals surface area contributed by atoms with E-state index in [1.807, 2.05) is 30.1 Å². The smallest absolute Gasteiger partial charge is 0.230 e. The molecular formula is C15H24ClN7. The predicted octanol–water partition coefficient (Wildman–Crippen LogP) is 0.534. The van der Waals surface area contributed by atoms with E-state index in [-0.39, 0.29) is 5.54 Å². The van der Waals surface area contributed by atoms with Crippen molar-refractivity contribution >= 4 is 23.2 Å². The summed E-state index contributed by atoms with van der Waals surface area (Å²) in [6, 6.07) is 6.21. The summed E-state index contributed by atoms with van der Waals surface area (Å²) < 4.78 is 0. The molecule has 1 atom stereocenters. The number of nitrogens with two attached hydrogens (primary N) is 1. The average Bonchev–Trinajstić information content (AvgIpc) is 2.93. The Balaban J connectivity index is 1.98. The van der Waals surface area contributed by atoms with Crippen LogP contribution < -0.4 is 21.4 Å². The summed E-state index contributed by atoms with van der Waals surface area (Å²) >= 11 is 6.63. The van der Waals surface area contributed by atoms with Gasteiger partial charge in [-0.3, -0.25) is 10.4 Å². The highest BCUT2D eigenvalue weighted by Gasteiger charge is 2.42. The van der Waals surface area contributed by atoms with Gasteiger partial charge in [0, 0.05) is 44.4 Å². The number of hydrazine groups is 1. The van der Waals surface area contributed by atoms with Crippen molar-refractivity contribution in [2.24, 2.45) is 10.8 Å². The molecule has 1 aromatic carbocycles. The van der Waals surface area contributed by atoms with Crippen molar-refractivity contribution in [2.75, 3.05) is 45.3 Å². The largest absolute Gasteiger partial charge is 0.378 e. The minimum atomic E-state index is -0.299. The highest BCUT2D eigenvalue weighted by Crippen LogP contribution is 2.37. The Kier molecular flexibility index (Phi) is 4.27. The molecule has 0 aliphatic carbocycles. The van der Waals surface area contributed by atoms with Gasteiger partial charge in [-0.15, -0.1) is 5.10 Å². The van der Waals surface area contributed by atoms with Gasteiger partial charge in [0.2, 0.25) is 5.96 Å². The fourth-order valence-electron chi connectivity index (χ4n) is 3.23. The molecule has 1 saturated heterocycles. The van der Waals surface area contributed by atoms with E-state index in [0.29, 0.717) is 12.6 Å². The van der Waals surface area contributed by atoms with Crippen LogP contribution in [0.25, 0.3) is 0 Å². The van der Waals surface area contributed by atoms with Crippen molar-refractivity contribution in [3.05, 3.63) is 28.8 Å². The van der Waals surface area contributed by atoms with Crippen molar-refractivity contribution in [1.82, 2.24) is 20.8 Å². The number of nitrogens with one attached hydrogen (secondary N) is 2.